The Morgan fingerprint density at radius 1 is 1.25 bits per heavy atom. The number of aryl methyl sites for hydroxylation is 3. The molecule has 1 aromatic heterocycles. The molecule has 0 fully saturated rings. The fraction of sp³-hybridized carbons (Fsp3) is 0.333. The topological polar surface area (TPSA) is 69.9 Å². The molecule has 24 heavy (non-hydrogen) atoms. The molecule has 0 unspecified atom stereocenters. The number of anilines is 1. The molecule has 1 heterocycles. The Bertz CT molecular complexity index is 798. The largest absolute Gasteiger partial charge is 0.312 e. The van der Waals surface area contributed by atoms with Crippen LogP contribution in [0.4, 0.5) is 5.69 Å². The number of nitriles is 1. The van der Waals surface area contributed by atoms with Crippen LogP contribution in [0.2, 0.25) is 0 Å². The maximum absolute atomic E-state index is 12.6. The minimum absolute atomic E-state index is 0.00499. The summed E-state index contributed by atoms with van der Waals surface area (Å²) in [7, 11) is 0. The Kier molecular flexibility index (Phi) is 5.93. The van der Waals surface area contributed by atoms with Crippen LogP contribution in [0.1, 0.15) is 29.6 Å². The second-order valence-electron chi connectivity index (χ2n) is 5.36. The van der Waals surface area contributed by atoms with Gasteiger partial charge < -0.3 is 4.90 Å². The number of thioether (sulfide) groups is 1. The summed E-state index contributed by atoms with van der Waals surface area (Å²) in [4.78, 5) is 22.9. The zero-order valence-corrected chi connectivity index (χ0v) is 15.1. The van der Waals surface area contributed by atoms with Gasteiger partial charge in [-0.05, 0) is 39.3 Å². The zero-order valence-electron chi connectivity index (χ0n) is 14.3. The van der Waals surface area contributed by atoms with Crippen molar-refractivity contribution in [3.8, 4) is 6.07 Å². The lowest BCUT2D eigenvalue weighted by molar-refractivity contribution is -0.116. The smallest absolute Gasteiger partial charge is 0.237 e. The van der Waals surface area contributed by atoms with Crippen LogP contribution in [0, 0.1) is 32.1 Å². The molecule has 0 aliphatic heterocycles. The van der Waals surface area contributed by atoms with Crippen LogP contribution in [0.3, 0.4) is 0 Å². The van der Waals surface area contributed by atoms with E-state index in [4.69, 9.17) is 0 Å². The van der Waals surface area contributed by atoms with Crippen LogP contribution in [-0.4, -0.2) is 28.2 Å². The number of benzene rings is 1. The first-order valence-corrected chi connectivity index (χ1v) is 8.70. The first kappa shape index (κ1) is 18.0. The Labute approximate surface area is 146 Å². The summed E-state index contributed by atoms with van der Waals surface area (Å²) in [5.41, 5.74) is 3.06. The van der Waals surface area contributed by atoms with Crippen molar-refractivity contribution in [3.63, 3.8) is 0 Å². The highest BCUT2D eigenvalue weighted by molar-refractivity contribution is 8.00. The second kappa shape index (κ2) is 7.93. The summed E-state index contributed by atoms with van der Waals surface area (Å²) in [5, 5.41) is 9.85. The van der Waals surface area contributed by atoms with Crippen molar-refractivity contribution in [2.75, 3.05) is 17.2 Å². The van der Waals surface area contributed by atoms with Crippen molar-refractivity contribution < 1.29 is 4.79 Å². The molecule has 6 heteroatoms. The predicted octanol–water partition coefficient (Wildman–Crippen LogP) is 3.42. The van der Waals surface area contributed by atoms with Gasteiger partial charge in [-0.2, -0.15) is 5.26 Å². The lowest BCUT2D eigenvalue weighted by Crippen LogP contribution is -2.32. The number of nitrogens with zero attached hydrogens (tertiary/aromatic N) is 4. The molecule has 0 spiro atoms. The minimum atomic E-state index is -0.00499. The van der Waals surface area contributed by atoms with E-state index in [9.17, 15) is 10.1 Å². The first-order valence-electron chi connectivity index (χ1n) is 7.72. The molecule has 1 amide bonds. The number of aromatic nitrogens is 2. The third-order valence-electron chi connectivity index (χ3n) is 3.64. The molecule has 0 N–H and O–H groups in total. The Balaban J connectivity index is 2.19. The summed E-state index contributed by atoms with van der Waals surface area (Å²) in [5.74, 6) is 0.828. The predicted molar refractivity (Wildman–Crippen MR) is 96.2 cm³/mol. The van der Waals surface area contributed by atoms with E-state index >= 15 is 0 Å². The zero-order chi connectivity index (χ0) is 17.7. The molecule has 0 aliphatic carbocycles. The molecule has 1 aromatic carbocycles. The van der Waals surface area contributed by atoms with Gasteiger partial charge in [-0.1, -0.05) is 30.0 Å². The van der Waals surface area contributed by atoms with E-state index in [1.54, 1.807) is 18.7 Å². The van der Waals surface area contributed by atoms with Gasteiger partial charge in [0, 0.05) is 12.2 Å². The maximum Gasteiger partial charge on any atom is 0.237 e. The number of carbonyl (C=O) groups excluding carboxylic acids is 1. The summed E-state index contributed by atoms with van der Waals surface area (Å²) >= 11 is 1.29. The molecule has 0 atom stereocenters. The fourth-order valence-electron chi connectivity index (χ4n) is 2.47. The monoisotopic (exact) mass is 340 g/mol. The fourth-order valence-corrected chi connectivity index (χ4v) is 3.42. The maximum atomic E-state index is 12.6. The summed E-state index contributed by atoms with van der Waals surface area (Å²) < 4.78 is 0. The molecule has 5 nitrogen and oxygen atoms in total. The van der Waals surface area contributed by atoms with Crippen molar-refractivity contribution in [2.24, 2.45) is 0 Å². The third kappa shape index (κ3) is 3.92. The molecule has 0 saturated heterocycles. The van der Waals surface area contributed by atoms with Crippen LogP contribution >= 0.6 is 11.8 Å². The lowest BCUT2D eigenvalue weighted by Gasteiger charge is -2.22. The van der Waals surface area contributed by atoms with E-state index in [0.29, 0.717) is 28.7 Å². The van der Waals surface area contributed by atoms with Crippen molar-refractivity contribution in [3.05, 3.63) is 46.9 Å². The van der Waals surface area contributed by atoms with Crippen LogP contribution in [0.15, 0.2) is 29.3 Å². The molecule has 2 aromatic rings. The van der Waals surface area contributed by atoms with E-state index in [1.165, 1.54) is 11.8 Å². The molecule has 0 radical (unpaired) electrons. The molecular weight excluding hydrogens is 320 g/mol. The van der Waals surface area contributed by atoms with Gasteiger partial charge in [-0.15, -0.1) is 0 Å². The van der Waals surface area contributed by atoms with Crippen molar-refractivity contribution in [2.45, 2.75) is 32.7 Å². The van der Waals surface area contributed by atoms with Crippen LogP contribution in [0.25, 0.3) is 0 Å². The Morgan fingerprint density at radius 3 is 2.58 bits per heavy atom. The highest BCUT2D eigenvalue weighted by Gasteiger charge is 2.18. The van der Waals surface area contributed by atoms with Gasteiger partial charge in [-0.3, -0.25) is 4.79 Å². The number of carbonyl (C=O) groups is 1. The molecular formula is C18H20N4OS. The third-order valence-corrected chi connectivity index (χ3v) is 4.60. The van der Waals surface area contributed by atoms with Crippen LogP contribution in [-0.2, 0) is 4.79 Å². The van der Waals surface area contributed by atoms with Gasteiger partial charge in [0.25, 0.3) is 0 Å². The first-order chi connectivity index (χ1) is 11.5. The highest BCUT2D eigenvalue weighted by Crippen LogP contribution is 2.25. The SMILES string of the molecule is CCN(C(=O)CSc1nc(C)nc(C)c1C#N)c1ccccc1C. The van der Waals surface area contributed by atoms with Crippen LogP contribution in [0.5, 0.6) is 0 Å². The molecule has 0 aliphatic rings. The number of para-hydroxylation sites is 1. The minimum Gasteiger partial charge on any atom is -0.312 e. The Morgan fingerprint density at radius 2 is 1.96 bits per heavy atom. The van der Waals surface area contributed by atoms with E-state index in [0.717, 1.165) is 11.3 Å². The van der Waals surface area contributed by atoms with Crippen LogP contribution < -0.4 is 4.90 Å². The van der Waals surface area contributed by atoms with E-state index < -0.39 is 0 Å². The van der Waals surface area contributed by atoms with E-state index in [1.807, 2.05) is 38.1 Å². The molecule has 2 rings (SSSR count). The summed E-state index contributed by atoms with van der Waals surface area (Å²) in [6.45, 7) is 8.10. The van der Waals surface area contributed by atoms with Gasteiger partial charge >= 0.3 is 0 Å². The van der Waals surface area contributed by atoms with Gasteiger partial charge in [0.1, 0.15) is 22.5 Å². The number of hydrogen-bond acceptors (Lipinski definition) is 5. The average Bonchev–Trinajstić information content (AvgIpc) is 2.55. The van der Waals surface area contributed by atoms with Gasteiger partial charge in [0.2, 0.25) is 5.91 Å². The lowest BCUT2D eigenvalue weighted by atomic mass is 10.2. The van der Waals surface area contributed by atoms with Crippen molar-refractivity contribution in [1.29, 1.82) is 5.26 Å². The number of hydrogen-bond donors (Lipinski definition) is 0. The standard InChI is InChI=1S/C18H20N4OS/c1-5-22(16-9-7-6-8-12(16)2)17(23)11-24-18-15(10-19)13(3)20-14(4)21-18/h6-9H,5,11H2,1-4H3. The normalized spacial score (nSPS) is 10.3. The average molecular weight is 340 g/mol. The number of amides is 1. The molecule has 0 saturated carbocycles. The Hall–Kier alpha value is -2.39. The summed E-state index contributed by atoms with van der Waals surface area (Å²) in [6, 6.07) is 9.95. The second-order valence-corrected chi connectivity index (χ2v) is 6.33. The van der Waals surface area contributed by atoms with Crippen molar-refractivity contribution in [1.82, 2.24) is 9.97 Å². The quantitative estimate of drug-likeness (QED) is 0.616. The summed E-state index contributed by atoms with van der Waals surface area (Å²) in [6.07, 6.45) is 0. The van der Waals surface area contributed by atoms with Gasteiger partial charge in [-0.25, -0.2) is 9.97 Å². The highest BCUT2D eigenvalue weighted by atomic mass is 32.2. The number of rotatable bonds is 5. The molecule has 0 bridgehead atoms. The van der Waals surface area contributed by atoms with Gasteiger partial charge in [0.15, 0.2) is 0 Å². The van der Waals surface area contributed by atoms with E-state index in [-0.39, 0.29) is 11.7 Å². The van der Waals surface area contributed by atoms with Crippen molar-refractivity contribution >= 4 is 23.4 Å². The van der Waals surface area contributed by atoms with Gasteiger partial charge in [0.05, 0.1) is 11.4 Å². The molecule has 124 valence electrons. The van der Waals surface area contributed by atoms with E-state index in [2.05, 4.69) is 16.0 Å².